The fourth-order valence-corrected chi connectivity index (χ4v) is 6.03. The van der Waals surface area contributed by atoms with Crippen LogP contribution < -0.4 is 27.8 Å². The minimum absolute atomic E-state index is 0. The van der Waals surface area contributed by atoms with E-state index in [9.17, 15) is 14.4 Å². The molecule has 1 aromatic heterocycles. The minimum Gasteiger partial charge on any atom is -0.338 e. The summed E-state index contributed by atoms with van der Waals surface area (Å²) in [5.74, 6) is 0.0601. The second-order valence-corrected chi connectivity index (χ2v) is 12.1. The van der Waals surface area contributed by atoms with Crippen molar-refractivity contribution < 1.29 is 9.59 Å². The van der Waals surface area contributed by atoms with Crippen molar-refractivity contribution in [1.82, 2.24) is 24.7 Å². The first kappa shape index (κ1) is 31.0. The number of aromatic nitrogens is 2. The summed E-state index contributed by atoms with van der Waals surface area (Å²) in [6.45, 7) is 4.93. The van der Waals surface area contributed by atoms with E-state index in [1.807, 2.05) is 6.07 Å². The van der Waals surface area contributed by atoms with Crippen LogP contribution in [0.3, 0.4) is 0 Å². The van der Waals surface area contributed by atoms with Crippen LogP contribution in [0, 0.1) is 0 Å². The van der Waals surface area contributed by atoms with Gasteiger partial charge in [-0.25, -0.2) is 9.59 Å². The Morgan fingerprint density at radius 3 is 2.29 bits per heavy atom. The molecule has 0 spiro atoms. The Bertz CT molecular complexity index is 1290. The van der Waals surface area contributed by atoms with Gasteiger partial charge in [-0.05, 0) is 88.1 Å². The van der Waals surface area contributed by atoms with Gasteiger partial charge in [-0.3, -0.25) is 14.7 Å². The summed E-state index contributed by atoms with van der Waals surface area (Å²) in [5, 5.41) is 6.57. The number of urea groups is 1. The Morgan fingerprint density at radius 2 is 1.63 bits per heavy atom. The summed E-state index contributed by atoms with van der Waals surface area (Å²) in [4.78, 5) is 45.4. The number of rotatable bonds is 5. The number of nitrogens with two attached hydrogens (primary N) is 2. The molecule has 1 saturated carbocycles. The maximum Gasteiger partial charge on any atom is 0.354 e. The van der Waals surface area contributed by atoms with E-state index >= 15 is 0 Å². The second-order valence-electron chi connectivity index (χ2n) is 12.1. The number of halogens is 1. The van der Waals surface area contributed by atoms with E-state index in [-0.39, 0.29) is 30.2 Å². The highest BCUT2D eigenvalue weighted by Gasteiger charge is 2.31. The zero-order valence-corrected chi connectivity index (χ0v) is 24.8. The van der Waals surface area contributed by atoms with Crippen LogP contribution in [0.25, 0.3) is 5.69 Å². The average Bonchev–Trinajstić information content (AvgIpc) is 2.93. The molecule has 41 heavy (non-hydrogen) atoms. The predicted molar refractivity (Wildman–Crippen MR) is 162 cm³/mol. The third kappa shape index (κ3) is 7.45. The number of piperazine rings is 1. The van der Waals surface area contributed by atoms with Crippen molar-refractivity contribution in [2.24, 2.45) is 11.5 Å². The van der Waals surface area contributed by atoms with Crippen LogP contribution >= 0.6 is 12.4 Å². The number of aryl methyl sites for hydroxylation is 1. The molecular weight excluding hydrogens is 544 g/mol. The minimum atomic E-state index is -0.944. The van der Waals surface area contributed by atoms with Crippen LogP contribution in [-0.4, -0.2) is 81.1 Å². The molecule has 2 fully saturated rings. The molecule has 2 aliphatic carbocycles. The monoisotopic (exact) mass is 586 g/mol. The second kappa shape index (κ2) is 12.9. The van der Waals surface area contributed by atoms with E-state index in [4.69, 9.17) is 11.5 Å². The van der Waals surface area contributed by atoms with Gasteiger partial charge in [-0.15, -0.1) is 12.4 Å². The normalized spacial score (nSPS) is 22.9. The van der Waals surface area contributed by atoms with E-state index < -0.39 is 11.2 Å². The van der Waals surface area contributed by atoms with Crippen LogP contribution in [0.5, 0.6) is 0 Å². The number of nitrogens with one attached hydrogen (secondary N) is 2. The van der Waals surface area contributed by atoms with E-state index in [1.165, 1.54) is 15.7 Å². The van der Waals surface area contributed by atoms with Crippen molar-refractivity contribution in [3.63, 3.8) is 0 Å². The number of carbonyl (C=O) groups is 2. The lowest BCUT2D eigenvalue weighted by Crippen LogP contribution is -2.58. The van der Waals surface area contributed by atoms with Gasteiger partial charge in [0.1, 0.15) is 5.82 Å². The number of nitrogens with zero attached hydrogens (tertiary/aromatic N) is 4. The third-order valence-corrected chi connectivity index (χ3v) is 8.38. The van der Waals surface area contributed by atoms with Gasteiger partial charge < -0.3 is 26.6 Å². The van der Waals surface area contributed by atoms with Gasteiger partial charge in [0.2, 0.25) is 5.91 Å². The molecule has 1 aliphatic heterocycles. The molecular formula is C29H43ClN8O3. The Hall–Kier alpha value is -2.99. The Labute approximate surface area is 247 Å². The first-order valence-corrected chi connectivity index (χ1v) is 14.4. The lowest BCUT2D eigenvalue weighted by Gasteiger charge is -2.37. The van der Waals surface area contributed by atoms with Crippen molar-refractivity contribution >= 4 is 30.2 Å². The average molecular weight is 587 g/mol. The molecule has 1 aromatic carbocycles. The number of hydrogen-bond donors (Lipinski definition) is 4. The molecule has 6 N–H and O–H groups in total. The molecule has 224 valence electrons. The maximum atomic E-state index is 12.9. The van der Waals surface area contributed by atoms with Gasteiger partial charge in [0.25, 0.3) is 0 Å². The van der Waals surface area contributed by atoms with Crippen LogP contribution in [0.15, 0.2) is 35.3 Å². The standard InChI is InChI=1S/C29H42N8O3.ClH/c1-29(2,31)26(38)35-13-15-36(16-14-35)27(39)33-25-11-12-37(28(40)34-25)24-10-4-19-17-23(7-3-20(19)18-24)32-22-8-5-21(30)6-9-22;/h4,10-12,18,21-23,32H,3,5-9,13-17,30-31H2,1-2H3,(H,33,34,39,40);1H/t21-,22+,23?;. The van der Waals surface area contributed by atoms with E-state index in [2.05, 4.69) is 27.8 Å². The van der Waals surface area contributed by atoms with Crippen LogP contribution in [0.2, 0.25) is 0 Å². The van der Waals surface area contributed by atoms with Crippen molar-refractivity contribution in [2.45, 2.75) is 82.5 Å². The number of amides is 3. The third-order valence-electron chi connectivity index (χ3n) is 8.38. The predicted octanol–water partition coefficient (Wildman–Crippen LogP) is 1.78. The van der Waals surface area contributed by atoms with Gasteiger partial charge in [-0.2, -0.15) is 4.98 Å². The fourth-order valence-electron chi connectivity index (χ4n) is 6.03. The Balaban J connectivity index is 0.00000387. The van der Waals surface area contributed by atoms with Crippen LogP contribution in [-0.2, 0) is 17.6 Å². The van der Waals surface area contributed by atoms with Crippen molar-refractivity contribution in [3.05, 3.63) is 52.1 Å². The molecule has 0 radical (unpaired) electrons. The highest BCUT2D eigenvalue weighted by molar-refractivity contribution is 5.89. The zero-order chi connectivity index (χ0) is 28.4. The fraction of sp³-hybridized carbons (Fsp3) is 0.586. The molecule has 5 rings (SSSR count). The molecule has 11 nitrogen and oxygen atoms in total. The summed E-state index contributed by atoms with van der Waals surface area (Å²) in [6.07, 6.45) is 9.18. The molecule has 3 amide bonds. The van der Waals surface area contributed by atoms with Gasteiger partial charge in [0.15, 0.2) is 0 Å². The molecule has 1 saturated heterocycles. The van der Waals surface area contributed by atoms with E-state index in [0.29, 0.717) is 44.3 Å². The van der Waals surface area contributed by atoms with Gasteiger partial charge >= 0.3 is 11.7 Å². The quantitative estimate of drug-likeness (QED) is 0.417. The Morgan fingerprint density at radius 1 is 0.951 bits per heavy atom. The summed E-state index contributed by atoms with van der Waals surface area (Å²) in [6, 6.07) is 8.83. The van der Waals surface area contributed by atoms with Crippen molar-refractivity contribution in [3.8, 4) is 5.69 Å². The summed E-state index contributed by atoms with van der Waals surface area (Å²) < 4.78 is 1.50. The van der Waals surface area contributed by atoms with Gasteiger partial charge in [-0.1, -0.05) is 6.07 Å². The number of anilines is 1. The van der Waals surface area contributed by atoms with Crippen LogP contribution in [0.4, 0.5) is 10.6 Å². The lowest BCUT2D eigenvalue weighted by molar-refractivity contribution is -0.137. The number of hydrogen-bond acceptors (Lipinski definition) is 7. The molecule has 0 bridgehead atoms. The highest BCUT2D eigenvalue weighted by Crippen LogP contribution is 2.26. The topological polar surface area (TPSA) is 152 Å². The summed E-state index contributed by atoms with van der Waals surface area (Å²) >= 11 is 0. The SMILES string of the molecule is CC(C)(N)C(=O)N1CCN(C(=O)Nc2ccn(-c3ccc4c(c3)CCC(N[C@H]3CC[C@@H](N)CC3)C4)c(=O)n2)CC1.Cl. The molecule has 3 aliphatic rings. The molecule has 12 heteroatoms. The summed E-state index contributed by atoms with van der Waals surface area (Å²) in [5.41, 5.74) is 13.9. The maximum absolute atomic E-state index is 12.9. The van der Waals surface area contributed by atoms with Gasteiger partial charge in [0.05, 0.1) is 11.2 Å². The number of fused-ring (bicyclic) bond motifs is 1. The summed E-state index contributed by atoms with van der Waals surface area (Å²) in [7, 11) is 0. The Kier molecular flexibility index (Phi) is 9.73. The molecule has 1 unspecified atom stereocenters. The molecule has 2 aromatic rings. The zero-order valence-electron chi connectivity index (χ0n) is 24.0. The van der Waals surface area contributed by atoms with Crippen molar-refractivity contribution in [2.75, 3.05) is 31.5 Å². The number of benzene rings is 1. The number of carbonyl (C=O) groups excluding carboxylic acids is 2. The van der Waals surface area contributed by atoms with E-state index in [0.717, 1.165) is 50.6 Å². The first-order chi connectivity index (χ1) is 19.1. The van der Waals surface area contributed by atoms with E-state index in [1.54, 1.807) is 35.9 Å². The molecule has 1 atom stereocenters. The van der Waals surface area contributed by atoms with Gasteiger partial charge in [0, 0.05) is 50.5 Å². The molecule has 2 heterocycles. The largest absolute Gasteiger partial charge is 0.354 e. The van der Waals surface area contributed by atoms with Crippen LogP contribution in [0.1, 0.15) is 57.1 Å². The lowest BCUT2D eigenvalue weighted by atomic mass is 9.85. The smallest absolute Gasteiger partial charge is 0.338 e. The first-order valence-electron chi connectivity index (χ1n) is 14.4. The van der Waals surface area contributed by atoms with Crippen molar-refractivity contribution in [1.29, 1.82) is 0 Å². The highest BCUT2D eigenvalue weighted by atomic mass is 35.5.